The van der Waals surface area contributed by atoms with E-state index >= 15 is 0 Å². The highest BCUT2D eigenvalue weighted by Crippen LogP contribution is 2.27. The third-order valence-corrected chi connectivity index (χ3v) is 3.60. The maximum absolute atomic E-state index is 11.7. The van der Waals surface area contributed by atoms with Crippen LogP contribution in [0, 0.1) is 13.8 Å². The molecule has 2 aromatic rings. The van der Waals surface area contributed by atoms with E-state index in [-0.39, 0.29) is 11.7 Å². The van der Waals surface area contributed by atoms with Gasteiger partial charge < -0.3 is 20.9 Å². The Bertz CT molecular complexity index is 585. The molecular weight excluding hydrogens is 266 g/mol. The molecule has 19 heavy (non-hydrogen) atoms. The number of carbonyl (C=O) groups excluding carboxylic acids is 1. The van der Waals surface area contributed by atoms with Gasteiger partial charge >= 0.3 is 0 Å². The number of carbonyl (C=O) groups is 1. The summed E-state index contributed by atoms with van der Waals surface area (Å²) in [5.74, 6) is 0.724. The van der Waals surface area contributed by atoms with Crippen molar-refractivity contribution in [2.24, 2.45) is 0 Å². The molecule has 0 aliphatic carbocycles. The normalized spacial score (nSPS) is 10.5. The zero-order valence-electron chi connectivity index (χ0n) is 10.9. The number of rotatable bonds is 4. The van der Waals surface area contributed by atoms with E-state index in [0.717, 1.165) is 28.6 Å². The second-order valence-electron chi connectivity index (χ2n) is 4.01. The summed E-state index contributed by atoms with van der Waals surface area (Å²) in [6.07, 6.45) is 0. The first-order valence-electron chi connectivity index (χ1n) is 5.67. The maximum atomic E-state index is 11.7. The van der Waals surface area contributed by atoms with Crippen LogP contribution in [0.5, 0.6) is 0 Å². The van der Waals surface area contributed by atoms with Crippen molar-refractivity contribution in [2.75, 3.05) is 18.1 Å². The van der Waals surface area contributed by atoms with Crippen molar-refractivity contribution in [1.29, 1.82) is 0 Å². The predicted molar refractivity (Wildman–Crippen MR) is 73.2 cm³/mol. The standard InChI is InChI=1S/C11H15N5O2S/c1-5-7(6(2)18-15-5)4-14-11-8(10(17)13-3)9(12)16-19-11/h14H,4H2,1-3H3,(H2,12,16)(H,13,17). The van der Waals surface area contributed by atoms with Crippen molar-refractivity contribution in [1.82, 2.24) is 14.8 Å². The highest BCUT2D eigenvalue weighted by molar-refractivity contribution is 7.11. The average molecular weight is 281 g/mol. The van der Waals surface area contributed by atoms with Crippen molar-refractivity contribution in [3.63, 3.8) is 0 Å². The van der Waals surface area contributed by atoms with Crippen LogP contribution in [0.15, 0.2) is 4.52 Å². The highest BCUT2D eigenvalue weighted by Gasteiger charge is 2.18. The van der Waals surface area contributed by atoms with E-state index in [1.165, 1.54) is 0 Å². The lowest BCUT2D eigenvalue weighted by atomic mass is 10.2. The molecular formula is C11H15N5O2S. The molecule has 0 radical (unpaired) electrons. The van der Waals surface area contributed by atoms with Crippen LogP contribution >= 0.6 is 11.5 Å². The Morgan fingerprint density at radius 2 is 2.21 bits per heavy atom. The van der Waals surface area contributed by atoms with E-state index < -0.39 is 0 Å². The van der Waals surface area contributed by atoms with E-state index in [0.29, 0.717) is 17.1 Å². The van der Waals surface area contributed by atoms with E-state index in [2.05, 4.69) is 20.2 Å². The zero-order valence-corrected chi connectivity index (χ0v) is 11.7. The number of hydrogen-bond donors (Lipinski definition) is 3. The fourth-order valence-corrected chi connectivity index (χ4v) is 2.40. The van der Waals surface area contributed by atoms with Crippen LogP contribution < -0.4 is 16.4 Å². The van der Waals surface area contributed by atoms with Gasteiger partial charge in [-0.1, -0.05) is 5.16 Å². The predicted octanol–water partition coefficient (Wildman–Crippen LogP) is 1.30. The van der Waals surface area contributed by atoms with Gasteiger partial charge in [0.25, 0.3) is 5.91 Å². The van der Waals surface area contributed by atoms with Crippen molar-refractivity contribution < 1.29 is 9.32 Å². The Morgan fingerprint density at radius 3 is 2.79 bits per heavy atom. The second-order valence-corrected chi connectivity index (χ2v) is 4.78. The molecule has 2 aromatic heterocycles. The molecule has 7 nitrogen and oxygen atoms in total. The number of nitrogens with one attached hydrogen (secondary N) is 2. The minimum Gasteiger partial charge on any atom is -0.382 e. The van der Waals surface area contributed by atoms with Crippen LogP contribution in [0.3, 0.4) is 0 Å². The van der Waals surface area contributed by atoms with Gasteiger partial charge in [-0.05, 0) is 25.4 Å². The SMILES string of the molecule is CNC(=O)c1c(N)nsc1NCc1c(C)noc1C. The maximum Gasteiger partial charge on any atom is 0.257 e. The van der Waals surface area contributed by atoms with Crippen molar-refractivity contribution in [2.45, 2.75) is 20.4 Å². The van der Waals surface area contributed by atoms with Gasteiger partial charge in [-0.15, -0.1) is 0 Å². The molecule has 0 aliphatic heterocycles. The summed E-state index contributed by atoms with van der Waals surface area (Å²) in [5, 5.41) is 10.2. The molecule has 2 rings (SSSR count). The molecule has 2 heterocycles. The summed E-state index contributed by atoms with van der Waals surface area (Å²) < 4.78 is 9.07. The molecule has 102 valence electrons. The van der Waals surface area contributed by atoms with Crippen LogP contribution in [-0.4, -0.2) is 22.5 Å². The summed E-state index contributed by atoms with van der Waals surface area (Å²) in [4.78, 5) is 11.7. The lowest BCUT2D eigenvalue weighted by Gasteiger charge is -2.05. The number of nitrogens with zero attached hydrogens (tertiary/aromatic N) is 2. The van der Waals surface area contributed by atoms with E-state index in [9.17, 15) is 4.79 Å². The Labute approximate surface area is 114 Å². The summed E-state index contributed by atoms with van der Waals surface area (Å²) in [6.45, 7) is 4.22. The fourth-order valence-electron chi connectivity index (χ4n) is 1.69. The Kier molecular flexibility index (Phi) is 3.70. The largest absolute Gasteiger partial charge is 0.382 e. The molecule has 0 bridgehead atoms. The molecule has 0 saturated heterocycles. The second kappa shape index (κ2) is 5.27. The number of nitrogens with two attached hydrogens (primary N) is 1. The van der Waals surface area contributed by atoms with Crippen LogP contribution in [-0.2, 0) is 6.54 Å². The van der Waals surface area contributed by atoms with E-state index in [1.807, 2.05) is 13.8 Å². The lowest BCUT2D eigenvalue weighted by molar-refractivity contribution is 0.0965. The molecule has 0 unspecified atom stereocenters. The van der Waals surface area contributed by atoms with Crippen molar-refractivity contribution in [3.8, 4) is 0 Å². The quantitative estimate of drug-likeness (QED) is 0.780. The molecule has 4 N–H and O–H groups in total. The van der Waals surface area contributed by atoms with Gasteiger partial charge in [0.05, 0.1) is 5.69 Å². The van der Waals surface area contributed by atoms with Gasteiger partial charge in [0.2, 0.25) is 0 Å². The monoisotopic (exact) mass is 281 g/mol. The molecule has 0 saturated carbocycles. The molecule has 8 heteroatoms. The number of anilines is 2. The number of amides is 1. The lowest BCUT2D eigenvalue weighted by Crippen LogP contribution is -2.20. The Hall–Kier alpha value is -2.09. The van der Waals surface area contributed by atoms with Crippen LogP contribution in [0.25, 0.3) is 0 Å². The van der Waals surface area contributed by atoms with Gasteiger partial charge in [0.1, 0.15) is 16.3 Å². The molecule has 0 spiro atoms. The number of nitrogen functional groups attached to an aromatic ring is 1. The summed E-state index contributed by atoms with van der Waals surface area (Å²) >= 11 is 1.16. The first-order valence-corrected chi connectivity index (χ1v) is 6.44. The Morgan fingerprint density at radius 1 is 1.47 bits per heavy atom. The van der Waals surface area contributed by atoms with Crippen LogP contribution in [0.4, 0.5) is 10.8 Å². The average Bonchev–Trinajstić information content (AvgIpc) is 2.91. The molecule has 1 amide bonds. The number of aromatic nitrogens is 2. The first kappa shape index (κ1) is 13.3. The van der Waals surface area contributed by atoms with Gasteiger partial charge in [-0.25, -0.2) is 0 Å². The molecule has 0 aliphatic rings. The summed E-state index contributed by atoms with van der Waals surface area (Å²) in [6, 6.07) is 0. The third-order valence-electron chi connectivity index (χ3n) is 2.78. The number of hydrogen-bond acceptors (Lipinski definition) is 7. The van der Waals surface area contributed by atoms with Crippen LogP contribution in [0.2, 0.25) is 0 Å². The highest BCUT2D eigenvalue weighted by atomic mass is 32.1. The van der Waals surface area contributed by atoms with Crippen molar-refractivity contribution >= 4 is 28.3 Å². The minimum atomic E-state index is -0.257. The smallest absolute Gasteiger partial charge is 0.257 e. The van der Waals surface area contributed by atoms with Crippen LogP contribution in [0.1, 0.15) is 27.4 Å². The molecule has 0 fully saturated rings. The first-order chi connectivity index (χ1) is 9.04. The van der Waals surface area contributed by atoms with Gasteiger partial charge in [0.15, 0.2) is 5.82 Å². The Balaban J connectivity index is 2.19. The van der Waals surface area contributed by atoms with E-state index in [4.69, 9.17) is 10.3 Å². The summed E-state index contributed by atoms with van der Waals surface area (Å²) in [7, 11) is 1.55. The van der Waals surface area contributed by atoms with Gasteiger partial charge in [-0.3, -0.25) is 4.79 Å². The fraction of sp³-hybridized carbons (Fsp3) is 0.364. The number of aryl methyl sites for hydroxylation is 2. The van der Waals surface area contributed by atoms with Crippen molar-refractivity contribution in [3.05, 3.63) is 22.6 Å². The minimum absolute atomic E-state index is 0.227. The third kappa shape index (κ3) is 2.53. The molecule has 0 atom stereocenters. The van der Waals surface area contributed by atoms with Gasteiger partial charge in [0, 0.05) is 19.2 Å². The zero-order chi connectivity index (χ0) is 14.0. The van der Waals surface area contributed by atoms with E-state index in [1.54, 1.807) is 7.05 Å². The summed E-state index contributed by atoms with van der Waals surface area (Å²) in [5.41, 5.74) is 7.86. The molecule has 0 aromatic carbocycles. The topological polar surface area (TPSA) is 106 Å². The van der Waals surface area contributed by atoms with Gasteiger partial charge in [-0.2, -0.15) is 4.37 Å².